The molecule has 9 heteroatoms. The van der Waals surface area contributed by atoms with Gasteiger partial charge in [-0.15, -0.1) is 0 Å². The van der Waals surface area contributed by atoms with Crippen LogP contribution in [-0.2, 0) is 4.79 Å². The highest BCUT2D eigenvalue weighted by Gasteiger charge is 2.21. The summed E-state index contributed by atoms with van der Waals surface area (Å²) in [6, 6.07) is 7.11. The Morgan fingerprint density at radius 3 is 2.59 bits per heavy atom. The molecular weight excluding hydrogens is 416 g/mol. The number of carbonyl (C=O) groups is 1. The van der Waals surface area contributed by atoms with Crippen molar-refractivity contribution >= 4 is 22.9 Å². The summed E-state index contributed by atoms with van der Waals surface area (Å²) in [4.78, 5) is 21.0. The molecule has 0 saturated carbocycles. The van der Waals surface area contributed by atoms with Crippen LogP contribution in [0.1, 0.15) is 32.9 Å². The van der Waals surface area contributed by atoms with Crippen LogP contribution in [0.3, 0.4) is 0 Å². The Morgan fingerprint density at radius 1 is 1.22 bits per heavy atom. The molecule has 0 unspecified atom stereocenters. The maximum atomic E-state index is 13.4. The summed E-state index contributed by atoms with van der Waals surface area (Å²) in [6.45, 7) is 0.915. The van der Waals surface area contributed by atoms with Crippen molar-refractivity contribution in [3.05, 3.63) is 76.9 Å². The lowest BCUT2D eigenvalue weighted by Gasteiger charge is -2.13. The number of aryl methyl sites for hydroxylation is 3. The van der Waals surface area contributed by atoms with Crippen molar-refractivity contribution in [2.24, 2.45) is 0 Å². The van der Waals surface area contributed by atoms with Gasteiger partial charge < -0.3 is 16.2 Å². The van der Waals surface area contributed by atoms with Gasteiger partial charge in [0.25, 0.3) is 5.91 Å². The maximum Gasteiger partial charge on any atom is 0.257 e. The smallest absolute Gasteiger partial charge is 0.257 e. The topological polar surface area (TPSA) is 106 Å². The molecule has 0 saturated heterocycles. The van der Waals surface area contributed by atoms with Gasteiger partial charge in [-0.3, -0.25) is 9.20 Å². The molecule has 0 bridgehead atoms. The highest BCUT2D eigenvalue weighted by atomic mass is 19.1. The summed E-state index contributed by atoms with van der Waals surface area (Å²) in [5.41, 5.74) is 8.54. The van der Waals surface area contributed by atoms with Crippen molar-refractivity contribution in [2.45, 2.75) is 26.8 Å². The van der Waals surface area contributed by atoms with Gasteiger partial charge in [-0.2, -0.15) is 0 Å². The van der Waals surface area contributed by atoms with E-state index in [4.69, 9.17) is 9.85 Å². The van der Waals surface area contributed by atoms with E-state index >= 15 is 0 Å². The Hall–Kier alpha value is -3.85. The molecule has 164 valence electrons. The summed E-state index contributed by atoms with van der Waals surface area (Å²) in [6.07, 6.45) is -0.336. The minimum atomic E-state index is -2.51. The Kier molecular flexibility index (Phi) is 4.45. The van der Waals surface area contributed by atoms with Crippen LogP contribution in [0.15, 0.2) is 42.6 Å². The fourth-order valence-electron chi connectivity index (χ4n) is 3.57. The Labute approximate surface area is 186 Å². The van der Waals surface area contributed by atoms with E-state index in [1.165, 1.54) is 16.7 Å². The summed E-state index contributed by atoms with van der Waals surface area (Å²) in [7, 11) is 0. The fourth-order valence-corrected chi connectivity index (χ4v) is 3.57. The molecule has 1 amide bonds. The van der Waals surface area contributed by atoms with E-state index < -0.39 is 30.5 Å². The second-order valence-corrected chi connectivity index (χ2v) is 7.38. The van der Waals surface area contributed by atoms with Gasteiger partial charge in [0.05, 0.1) is 0 Å². The molecule has 0 aliphatic heterocycles. The molecule has 2 aromatic carbocycles. The molecule has 4 aromatic rings. The number of fused-ring (bicyclic) bond motifs is 1. The normalized spacial score (nSPS) is 14.0. The van der Waals surface area contributed by atoms with Crippen molar-refractivity contribution < 1.29 is 22.8 Å². The highest BCUT2D eigenvalue weighted by Crippen LogP contribution is 2.32. The fraction of sp³-hybridized carbons (Fsp3) is 0.174. The average molecular weight is 440 g/mol. The monoisotopic (exact) mass is 440 g/mol. The summed E-state index contributed by atoms with van der Waals surface area (Å²) in [5.74, 6) is -2.77. The molecule has 0 aliphatic carbocycles. The molecule has 4 N–H and O–H groups in total. The van der Waals surface area contributed by atoms with Gasteiger partial charge in [-0.25, -0.2) is 18.7 Å². The van der Waals surface area contributed by atoms with E-state index in [1.807, 2.05) is 0 Å². The third-order valence-electron chi connectivity index (χ3n) is 5.06. The number of imidazole rings is 1. The molecule has 2 heterocycles. The quantitative estimate of drug-likeness (QED) is 0.447. The highest BCUT2D eigenvalue weighted by molar-refractivity contribution is 5.95. The SMILES string of the molecule is [2H]C([2H])([2H])c1nc(-c2ccc(NC(=O)[C@H](O)c3cc(F)cc(F)c3)cc2C)c2c(N)ncc(C)n12. The van der Waals surface area contributed by atoms with Gasteiger partial charge in [0.2, 0.25) is 0 Å². The second kappa shape index (κ2) is 8.01. The second-order valence-electron chi connectivity index (χ2n) is 7.38. The number of amides is 1. The zero-order valence-corrected chi connectivity index (χ0v) is 17.1. The first-order valence-electron chi connectivity index (χ1n) is 11.1. The van der Waals surface area contributed by atoms with Crippen LogP contribution in [0.25, 0.3) is 16.8 Å². The van der Waals surface area contributed by atoms with E-state index in [9.17, 15) is 18.7 Å². The van der Waals surface area contributed by atoms with Crippen molar-refractivity contribution in [2.75, 3.05) is 11.1 Å². The van der Waals surface area contributed by atoms with E-state index in [2.05, 4.69) is 15.3 Å². The lowest BCUT2D eigenvalue weighted by Crippen LogP contribution is -2.21. The number of nitrogens with one attached hydrogen (secondary N) is 1. The van der Waals surface area contributed by atoms with Crippen molar-refractivity contribution in [1.82, 2.24) is 14.4 Å². The molecule has 0 radical (unpaired) electrons. The van der Waals surface area contributed by atoms with Crippen LogP contribution < -0.4 is 11.1 Å². The largest absolute Gasteiger partial charge is 0.382 e. The standard InChI is InChI=1S/C23H21F2N5O2/c1-11-6-17(29-23(32)21(31)14-7-15(24)9-16(25)8-14)4-5-18(11)19-20-22(26)27-10-12(2)30(20)13(3)28-19/h4-10,21,31H,1-3H3,(H2,26,27)(H,29,32)/t21-/m1/s1/i3D3. The Morgan fingerprint density at radius 2 is 1.94 bits per heavy atom. The number of hydrogen-bond donors (Lipinski definition) is 3. The van der Waals surface area contributed by atoms with E-state index in [1.54, 1.807) is 26.0 Å². The van der Waals surface area contributed by atoms with Crippen LogP contribution in [0.2, 0.25) is 0 Å². The molecule has 1 atom stereocenters. The number of nitrogens with two attached hydrogens (primary N) is 1. The molecule has 32 heavy (non-hydrogen) atoms. The van der Waals surface area contributed by atoms with Gasteiger partial charge in [0.1, 0.15) is 34.5 Å². The number of aliphatic hydroxyl groups excluding tert-OH is 1. The predicted molar refractivity (Wildman–Crippen MR) is 117 cm³/mol. The number of aromatic nitrogens is 3. The summed E-state index contributed by atoms with van der Waals surface area (Å²) in [5, 5.41) is 12.7. The first-order valence-corrected chi connectivity index (χ1v) is 9.56. The summed E-state index contributed by atoms with van der Waals surface area (Å²) >= 11 is 0. The van der Waals surface area contributed by atoms with Crippen LogP contribution >= 0.6 is 0 Å². The van der Waals surface area contributed by atoms with Gasteiger partial charge in [0.15, 0.2) is 6.10 Å². The van der Waals surface area contributed by atoms with E-state index in [-0.39, 0.29) is 17.2 Å². The Balaban J connectivity index is 1.70. The van der Waals surface area contributed by atoms with Gasteiger partial charge in [-0.1, -0.05) is 6.07 Å². The van der Waals surface area contributed by atoms with Crippen molar-refractivity contribution in [3.63, 3.8) is 0 Å². The first kappa shape index (κ1) is 17.8. The van der Waals surface area contributed by atoms with Crippen LogP contribution in [0.4, 0.5) is 20.3 Å². The number of nitrogens with zero attached hydrogens (tertiary/aromatic N) is 3. The van der Waals surface area contributed by atoms with E-state index in [0.717, 1.165) is 12.1 Å². The average Bonchev–Trinajstić information content (AvgIpc) is 3.17. The third-order valence-corrected chi connectivity index (χ3v) is 5.06. The maximum absolute atomic E-state index is 13.4. The van der Waals surface area contributed by atoms with Crippen LogP contribution in [-0.4, -0.2) is 25.4 Å². The number of carbonyl (C=O) groups excluding carboxylic acids is 1. The first-order chi connectivity index (χ1) is 16.4. The van der Waals surface area contributed by atoms with Crippen LogP contribution in [0.5, 0.6) is 0 Å². The molecule has 7 nitrogen and oxygen atoms in total. The number of benzene rings is 2. The van der Waals surface area contributed by atoms with Gasteiger partial charge in [-0.05, 0) is 56.1 Å². The molecule has 0 fully saturated rings. The van der Waals surface area contributed by atoms with Crippen LogP contribution in [0, 0.1) is 32.3 Å². The number of anilines is 2. The lowest BCUT2D eigenvalue weighted by atomic mass is 10.0. The minimum Gasteiger partial charge on any atom is -0.382 e. The predicted octanol–water partition coefficient (Wildman–Crippen LogP) is 3.85. The van der Waals surface area contributed by atoms with Gasteiger partial charge >= 0.3 is 0 Å². The molecule has 4 rings (SSSR count). The summed E-state index contributed by atoms with van der Waals surface area (Å²) < 4.78 is 51.9. The minimum absolute atomic E-state index is 0.107. The number of rotatable bonds is 4. The number of aliphatic hydroxyl groups is 1. The molecular formula is C23H21F2N5O2. The lowest BCUT2D eigenvalue weighted by molar-refractivity contribution is -0.124. The Bertz CT molecular complexity index is 1450. The van der Waals surface area contributed by atoms with Crippen molar-refractivity contribution in [3.8, 4) is 11.3 Å². The molecule has 2 aromatic heterocycles. The molecule has 0 aliphatic rings. The van der Waals surface area contributed by atoms with Crippen molar-refractivity contribution in [1.29, 1.82) is 0 Å². The van der Waals surface area contributed by atoms with E-state index in [0.29, 0.717) is 39.8 Å². The number of halogens is 2. The molecule has 0 spiro atoms. The van der Waals surface area contributed by atoms with Gasteiger partial charge in [0, 0.05) is 33.3 Å². The number of nitrogen functional groups attached to an aromatic ring is 1. The zero-order valence-electron chi connectivity index (χ0n) is 20.1. The third kappa shape index (κ3) is 3.78. The number of hydrogen-bond acceptors (Lipinski definition) is 5. The zero-order chi connectivity index (χ0) is 25.7.